The summed E-state index contributed by atoms with van der Waals surface area (Å²) < 4.78 is 15.2. The number of halogens is 3. The highest BCUT2D eigenvalue weighted by atomic mass is 35.6. The Labute approximate surface area is 148 Å². The SMILES string of the molecule is O=C(N[C@H]1C=C[C@@H]2OC(c3ccccc3)OC[C@H]2O1)C(Cl)(Cl)Cl. The minimum absolute atomic E-state index is 0.269. The number of hydrogen-bond donors (Lipinski definition) is 1. The molecule has 0 radical (unpaired) electrons. The van der Waals surface area contributed by atoms with Gasteiger partial charge in [-0.3, -0.25) is 4.79 Å². The Morgan fingerprint density at radius 1 is 1.13 bits per heavy atom. The first-order chi connectivity index (χ1) is 10.9. The number of carbonyl (C=O) groups is 1. The lowest BCUT2D eigenvalue weighted by molar-refractivity contribution is -0.263. The molecule has 2 aliphatic rings. The Bertz CT molecular complexity index is 590. The van der Waals surface area contributed by atoms with Crippen molar-refractivity contribution in [3.05, 3.63) is 48.0 Å². The fraction of sp³-hybridized carbons (Fsp3) is 0.400. The predicted molar refractivity (Wildman–Crippen MR) is 86.2 cm³/mol. The zero-order valence-corrected chi connectivity index (χ0v) is 14.1. The van der Waals surface area contributed by atoms with Gasteiger partial charge in [0.25, 0.3) is 9.70 Å². The van der Waals surface area contributed by atoms with Crippen molar-refractivity contribution in [1.82, 2.24) is 5.32 Å². The molecule has 1 amide bonds. The van der Waals surface area contributed by atoms with Gasteiger partial charge >= 0.3 is 0 Å². The van der Waals surface area contributed by atoms with E-state index in [-0.39, 0.29) is 12.2 Å². The van der Waals surface area contributed by atoms with Crippen molar-refractivity contribution in [1.29, 1.82) is 0 Å². The third-order valence-electron chi connectivity index (χ3n) is 3.46. The smallest absolute Gasteiger partial charge is 0.274 e. The number of amides is 1. The topological polar surface area (TPSA) is 56.8 Å². The van der Waals surface area contributed by atoms with Gasteiger partial charge in [0, 0.05) is 5.56 Å². The van der Waals surface area contributed by atoms with Crippen LogP contribution in [0.5, 0.6) is 0 Å². The first kappa shape index (κ1) is 17.0. The molecule has 23 heavy (non-hydrogen) atoms. The van der Waals surface area contributed by atoms with Crippen LogP contribution in [0.1, 0.15) is 11.9 Å². The van der Waals surface area contributed by atoms with Crippen LogP contribution in [-0.2, 0) is 19.0 Å². The van der Waals surface area contributed by atoms with Gasteiger partial charge in [0.2, 0.25) is 0 Å². The van der Waals surface area contributed by atoms with E-state index in [1.165, 1.54) is 0 Å². The van der Waals surface area contributed by atoms with Gasteiger partial charge in [-0.05, 0) is 6.08 Å². The molecule has 8 heteroatoms. The average molecular weight is 379 g/mol. The molecule has 2 heterocycles. The van der Waals surface area contributed by atoms with Gasteiger partial charge in [0.15, 0.2) is 6.29 Å². The Hall–Kier alpha value is -0.820. The fourth-order valence-electron chi connectivity index (χ4n) is 2.35. The molecule has 1 fully saturated rings. The van der Waals surface area contributed by atoms with Crippen LogP contribution >= 0.6 is 34.8 Å². The second kappa shape index (κ2) is 6.97. The number of ether oxygens (including phenoxy) is 3. The molecule has 1 unspecified atom stereocenters. The summed E-state index contributed by atoms with van der Waals surface area (Å²) in [5, 5.41) is 2.48. The highest BCUT2D eigenvalue weighted by Crippen LogP contribution is 2.31. The summed E-state index contributed by atoms with van der Waals surface area (Å²) in [5.41, 5.74) is 0.936. The summed E-state index contributed by atoms with van der Waals surface area (Å²) in [6, 6.07) is 9.63. The second-order valence-electron chi connectivity index (χ2n) is 5.13. The van der Waals surface area contributed by atoms with Gasteiger partial charge in [0.1, 0.15) is 18.4 Å². The van der Waals surface area contributed by atoms with Crippen LogP contribution in [0.4, 0.5) is 0 Å². The maximum atomic E-state index is 11.6. The van der Waals surface area contributed by atoms with Gasteiger partial charge in [-0.2, -0.15) is 0 Å². The summed E-state index contributed by atoms with van der Waals surface area (Å²) in [6.07, 6.45) is 1.71. The van der Waals surface area contributed by atoms with E-state index < -0.39 is 22.2 Å². The molecule has 5 nitrogen and oxygen atoms in total. The molecule has 3 rings (SSSR count). The molecular formula is C15H14Cl3NO4. The van der Waals surface area contributed by atoms with Gasteiger partial charge in [0.05, 0.1) is 6.61 Å². The van der Waals surface area contributed by atoms with Crippen LogP contribution in [0.2, 0.25) is 0 Å². The molecule has 4 atom stereocenters. The quantitative estimate of drug-likeness (QED) is 0.635. The minimum atomic E-state index is -2.04. The molecule has 0 bridgehead atoms. The van der Waals surface area contributed by atoms with Gasteiger partial charge in [-0.15, -0.1) is 0 Å². The number of rotatable bonds is 2. The van der Waals surface area contributed by atoms with Gasteiger partial charge in [-0.25, -0.2) is 0 Å². The summed E-state index contributed by atoms with van der Waals surface area (Å²) in [5.74, 6) is -0.754. The van der Waals surface area contributed by atoms with Crippen molar-refractivity contribution in [3.8, 4) is 0 Å². The third-order valence-corrected chi connectivity index (χ3v) is 3.97. The molecular weight excluding hydrogens is 365 g/mol. The monoisotopic (exact) mass is 377 g/mol. The zero-order chi connectivity index (χ0) is 16.4. The average Bonchev–Trinajstić information content (AvgIpc) is 2.54. The molecule has 0 saturated carbocycles. The van der Waals surface area contributed by atoms with Gasteiger partial charge in [-0.1, -0.05) is 71.2 Å². The Balaban J connectivity index is 1.62. The van der Waals surface area contributed by atoms with Crippen molar-refractivity contribution >= 4 is 40.7 Å². The van der Waals surface area contributed by atoms with Crippen LogP contribution in [0.3, 0.4) is 0 Å². The van der Waals surface area contributed by atoms with Crippen LogP contribution in [0.25, 0.3) is 0 Å². The lowest BCUT2D eigenvalue weighted by Crippen LogP contribution is -2.51. The predicted octanol–water partition coefficient (Wildman–Crippen LogP) is 2.87. The first-order valence-corrected chi connectivity index (χ1v) is 8.10. The summed E-state index contributed by atoms with van der Waals surface area (Å²) >= 11 is 16.6. The van der Waals surface area contributed by atoms with Crippen LogP contribution in [0.15, 0.2) is 42.5 Å². The number of nitrogens with one attached hydrogen (secondary N) is 1. The minimum Gasteiger partial charge on any atom is -0.346 e. The molecule has 0 aromatic heterocycles. The van der Waals surface area contributed by atoms with E-state index in [1.54, 1.807) is 6.08 Å². The van der Waals surface area contributed by atoms with Gasteiger partial charge < -0.3 is 19.5 Å². The lowest BCUT2D eigenvalue weighted by Gasteiger charge is -2.39. The summed E-state index contributed by atoms with van der Waals surface area (Å²) in [6.45, 7) is 0.328. The van der Waals surface area contributed by atoms with Crippen molar-refractivity contribution < 1.29 is 19.0 Å². The van der Waals surface area contributed by atoms with E-state index in [0.717, 1.165) is 5.56 Å². The Morgan fingerprint density at radius 2 is 1.87 bits per heavy atom. The highest BCUT2D eigenvalue weighted by Gasteiger charge is 2.38. The molecule has 0 spiro atoms. The third kappa shape index (κ3) is 4.18. The molecule has 1 N–H and O–H groups in total. The van der Waals surface area contributed by atoms with E-state index in [9.17, 15) is 4.79 Å². The van der Waals surface area contributed by atoms with Crippen molar-refractivity contribution in [2.45, 2.75) is 28.5 Å². The normalized spacial score (nSPS) is 30.6. The standard InChI is InChI=1S/C15H14Cl3NO4/c16-15(17,18)14(20)19-12-7-6-10-11(22-12)8-21-13(23-10)9-4-2-1-3-5-9/h1-7,10-13H,8H2,(H,19,20)/t10-,11+,12+,13?/m0/s1. The molecule has 2 aliphatic heterocycles. The zero-order valence-electron chi connectivity index (χ0n) is 11.8. The second-order valence-corrected chi connectivity index (χ2v) is 7.41. The molecule has 1 aromatic carbocycles. The largest absolute Gasteiger partial charge is 0.346 e. The van der Waals surface area contributed by atoms with Crippen LogP contribution in [-0.4, -0.2) is 34.7 Å². The first-order valence-electron chi connectivity index (χ1n) is 6.97. The molecule has 1 aromatic rings. The maximum Gasteiger partial charge on any atom is 0.274 e. The van der Waals surface area contributed by atoms with E-state index in [1.807, 2.05) is 36.4 Å². The number of fused-ring (bicyclic) bond motifs is 1. The lowest BCUT2D eigenvalue weighted by atomic mass is 10.1. The van der Waals surface area contributed by atoms with Crippen molar-refractivity contribution in [2.24, 2.45) is 0 Å². The Morgan fingerprint density at radius 3 is 2.57 bits per heavy atom. The molecule has 124 valence electrons. The van der Waals surface area contributed by atoms with Crippen LogP contribution in [0, 0.1) is 0 Å². The summed E-state index contributed by atoms with van der Waals surface area (Å²) in [7, 11) is 0. The fourth-order valence-corrected chi connectivity index (χ4v) is 2.52. The molecule has 1 saturated heterocycles. The van der Waals surface area contributed by atoms with E-state index in [4.69, 9.17) is 49.0 Å². The van der Waals surface area contributed by atoms with Crippen LogP contribution < -0.4 is 5.32 Å². The molecule has 0 aliphatic carbocycles. The number of carbonyl (C=O) groups excluding carboxylic acids is 1. The number of alkyl halides is 3. The number of benzene rings is 1. The van der Waals surface area contributed by atoms with E-state index >= 15 is 0 Å². The van der Waals surface area contributed by atoms with Crippen molar-refractivity contribution in [2.75, 3.05) is 6.61 Å². The van der Waals surface area contributed by atoms with Crippen molar-refractivity contribution in [3.63, 3.8) is 0 Å². The van der Waals surface area contributed by atoms with E-state index in [2.05, 4.69) is 5.32 Å². The summed E-state index contributed by atoms with van der Waals surface area (Å²) in [4.78, 5) is 11.6. The number of hydrogen-bond acceptors (Lipinski definition) is 4. The Kier molecular flexibility index (Phi) is 5.16. The highest BCUT2D eigenvalue weighted by molar-refractivity contribution is 6.76. The van der Waals surface area contributed by atoms with E-state index in [0.29, 0.717) is 6.61 Å². The maximum absolute atomic E-state index is 11.6.